The molecule has 1 N–H and O–H groups in total. The first-order chi connectivity index (χ1) is 13.9. The maximum absolute atomic E-state index is 13.0. The Kier molecular flexibility index (Phi) is 5.48. The van der Waals surface area contributed by atoms with Gasteiger partial charge >= 0.3 is 0 Å². The normalized spacial score (nSPS) is 17.5. The summed E-state index contributed by atoms with van der Waals surface area (Å²) in [6.07, 6.45) is 1.07. The van der Waals surface area contributed by atoms with Gasteiger partial charge in [-0.1, -0.05) is 22.9 Å². The summed E-state index contributed by atoms with van der Waals surface area (Å²) in [5, 5.41) is 3.65. The Balaban J connectivity index is 1.55. The average molecular weight is 452 g/mol. The van der Waals surface area contributed by atoms with Crippen LogP contribution in [-0.4, -0.2) is 43.3 Å². The van der Waals surface area contributed by atoms with Crippen LogP contribution in [0.25, 0.3) is 10.2 Å². The third-order valence-corrected chi connectivity index (χ3v) is 7.86. The molecule has 0 aliphatic carbocycles. The lowest BCUT2D eigenvalue weighted by Gasteiger charge is -2.23. The zero-order chi connectivity index (χ0) is 20.6. The van der Waals surface area contributed by atoms with Crippen LogP contribution in [0, 0.1) is 0 Å². The molecule has 1 aromatic heterocycles. The summed E-state index contributed by atoms with van der Waals surface area (Å²) in [6.45, 7) is 0.292. The molecule has 0 saturated carbocycles. The topological polar surface area (TPSA) is 88.6 Å². The number of aromatic nitrogens is 1. The van der Waals surface area contributed by atoms with E-state index in [0.29, 0.717) is 35.3 Å². The average Bonchev–Trinajstić information content (AvgIpc) is 3.34. The van der Waals surface area contributed by atoms with Gasteiger partial charge < -0.3 is 10.1 Å². The molecule has 1 saturated heterocycles. The van der Waals surface area contributed by atoms with Crippen LogP contribution < -0.4 is 10.1 Å². The second-order valence-corrected chi connectivity index (χ2v) is 9.93. The van der Waals surface area contributed by atoms with E-state index in [1.807, 2.05) is 12.1 Å². The fourth-order valence-corrected chi connectivity index (χ4v) is 5.99. The third kappa shape index (κ3) is 3.95. The third-order valence-electron chi connectivity index (χ3n) is 4.75. The van der Waals surface area contributed by atoms with Gasteiger partial charge in [0.2, 0.25) is 15.9 Å². The lowest BCUT2D eigenvalue weighted by Crippen LogP contribution is -2.43. The van der Waals surface area contributed by atoms with Crippen LogP contribution in [0.1, 0.15) is 12.8 Å². The van der Waals surface area contributed by atoms with Gasteiger partial charge in [-0.05, 0) is 55.3 Å². The van der Waals surface area contributed by atoms with Gasteiger partial charge in [-0.2, -0.15) is 4.31 Å². The molecule has 152 valence electrons. The zero-order valence-corrected chi connectivity index (χ0v) is 17.9. The number of benzene rings is 2. The van der Waals surface area contributed by atoms with E-state index < -0.39 is 16.1 Å². The number of nitrogens with one attached hydrogen (secondary N) is 1. The van der Waals surface area contributed by atoms with Gasteiger partial charge in [0, 0.05) is 11.6 Å². The molecule has 1 amide bonds. The van der Waals surface area contributed by atoms with Crippen molar-refractivity contribution in [3.63, 3.8) is 0 Å². The molecule has 1 aliphatic heterocycles. The van der Waals surface area contributed by atoms with Crippen LogP contribution in [0.3, 0.4) is 0 Å². The fraction of sp³-hybridized carbons (Fsp3) is 0.263. The largest absolute Gasteiger partial charge is 0.497 e. The Morgan fingerprint density at radius 1 is 1.28 bits per heavy atom. The minimum absolute atomic E-state index is 0.119. The molecule has 7 nitrogen and oxygen atoms in total. The summed E-state index contributed by atoms with van der Waals surface area (Å²) in [5.41, 5.74) is 0.739. The summed E-state index contributed by atoms with van der Waals surface area (Å²) in [5.74, 6) is 0.320. The van der Waals surface area contributed by atoms with Gasteiger partial charge in [0.1, 0.15) is 11.8 Å². The molecule has 0 spiro atoms. The molecule has 1 atom stereocenters. The smallest absolute Gasteiger partial charge is 0.244 e. The van der Waals surface area contributed by atoms with Gasteiger partial charge in [0.25, 0.3) is 0 Å². The van der Waals surface area contributed by atoms with E-state index in [1.165, 1.54) is 39.9 Å². The number of amides is 1. The number of carbonyl (C=O) groups is 1. The van der Waals surface area contributed by atoms with Crippen molar-refractivity contribution in [2.45, 2.75) is 23.8 Å². The van der Waals surface area contributed by atoms with Gasteiger partial charge in [0.15, 0.2) is 5.13 Å². The van der Waals surface area contributed by atoms with Crippen molar-refractivity contribution in [1.82, 2.24) is 9.29 Å². The lowest BCUT2D eigenvalue weighted by molar-refractivity contribution is -0.119. The summed E-state index contributed by atoms with van der Waals surface area (Å²) in [4.78, 5) is 17.4. The summed E-state index contributed by atoms with van der Waals surface area (Å²) in [7, 11) is -2.21. The number of carbonyl (C=O) groups excluding carboxylic acids is 1. The van der Waals surface area contributed by atoms with E-state index in [4.69, 9.17) is 16.3 Å². The van der Waals surface area contributed by atoms with E-state index in [0.717, 1.165) is 10.2 Å². The molecule has 3 aromatic rings. The minimum atomic E-state index is -3.80. The van der Waals surface area contributed by atoms with Crippen LogP contribution in [-0.2, 0) is 14.8 Å². The van der Waals surface area contributed by atoms with Crippen LogP contribution in [0.2, 0.25) is 5.02 Å². The number of ether oxygens (including phenoxy) is 1. The Morgan fingerprint density at radius 3 is 2.76 bits per heavy atom. The summed E-state index contributed by atoms with van der Waals surface area (Å²) < 4.78 is 33.3. The monoisotopic (exact) mass is 451 g/mol. The number of anilines is 1. The van der Waals surface area contributed by atoms with Gasteiger partial charge in [0.05, 0.1) is 22.2 Å². The Morgan fingerprint density at radius 2 is 2.03 bits per heavy atom. The van der Waals surface area contributed by atoms with E-state index >= 15 is 0 Å². The molecule has 2 heterocycles. The van der Waals surface area contributed by atoms with Crippen molar-refractivity contribution in [3.05, 3.63) is 47.5 Å². The predicted octanol–water partition coefficient (Wildman–Crippen LogP) is 3.75. The van der Waals surface area contributed by atoms with Crippen molar-refractivity contribution in [2.75, 3.05) is 19.0 Å². The summed E-state index contributed by atoms with van der Waals surface area (Å²) >= 11 is 7.17. The number of thiazole rings is 1. The van der Waals surface area contributed by atoms with E-state index in [-0.39, 0.29) is 10.8 Å². The number of hydrogen-bond donors (Lipinski definition) is 1. The van der Waals surface area contributed by atoms with Crippen LogP contribution in [0.5, 0.6) is 5.75 Å². The first kappa shape index (κ1) is 20.1. The molecular formula is C19H18ClN3O4S2. The summed E-state index contributed by atoms with van der Waals surface area (Å²) in [6, 6.07) is 10.6. The molecule has 2 aromatic carbocycles. The highest BCUT2D eigenvalue weighted by Gasteiger charge is 2.39. The highest BCUT2D eigenvalue weighted by atomic mass is 35.5. The van der Waals surface area contributed by atoms with E-state index in [9.17, 15) is 13.2 Å². The van der Waals surface area contributed by atoms with Crippen molar-refractivity contribution in [2.24, 2.45) is 0 Å². The van der Waals surface area contributed by atoms with Crippen molar-refractivity contribution in [3.8, 4) is 5.75 Å². The molecule has 10 heteroatoms. The lowest BCUT2D eigenvalue weighted by atomic mass is 10.2. The van der Waals surface area contributed by atoms with Gasteiger partial charge in [-0.25, -0.2) is 13.4 Å². The SMILES string of the molecule is COc1ccc2nc(NC(=O)C3CCCN3S(=O)(=O)c3ccc(Cl)cc3)sc2c1. The maximum Gasteiger partial charge on any atom is 0.244 e. The fourth-order valence-electron chi connectivity index (χ4n) is 3.31. The van der Waals surface area contributed by atoms with Gasteiger partial charge in [-0.15, -0.1) is 0 Å². The number of nitrogens with zero attached hydrogens (tertiary/aromatic N) is 2. The number of sulfonamides is 1. The Bertz CT molecular complexity index is 1160. The van der Waals surface area contributed by atoms with E-state index in [1.54, 1.807) is 13.2 Å². The van der Waals surface area contributed by atoms with Gasteiger partial charge in [-0.3, -0.25) is 4.79 Å². The molecule has 29 heavy (non-hydrogen) atoms. The molecule has 0 radical (unpaired) electrons. The number of hydrogen-bond acceptors (Lipinski definition) is 6. The minimum Gasteiger partial charge on any atom is -0.497 e. The Labute approximate surface area is 177 Å². The number of fused-ring (bicyclic) bond motifs is 1. The highest BCUT2D eigenvalue weighted by molar-refractivity contribution is 7.89. The molecule has 1 aliphatic rings. The molecule has 0 bridgehead atoms. The molecule has 4 rings (SSSR count). The molecular weight excluding hydrogens is 434 g/mol. The van der Waals surface area contributed by atoms with Crippen LogP contribution >= 0.6 is 22.9 Å². The van der Waals surface area contributed by atoms with Crippen molar-refractivity contribution >= 4 is 54.2 Å². The predicted molar refractivity (Wildman–Crippen MR) is 113 cm³/mol. The number of halogens is 1. The quantitative estimate of drug-likeness (QED) is 0.638. The molecule has 1 fully saturated rings. The zero-order valence-electron chi connectivity index (χ0n) is 15.5. The van der Waals surface area contributed by atoms with E-state index in [2.05, 4.69) is 10.3 Å². The Hall–Kier alpha value is -2.20. The second-order valence-electron chi connectivity index (χ2n) is 6.57. The first-order valence-electron chi connectivity index (χ1n) is 8.91. The van der Waals surface area contributed by atoms with Crippen molar-refractivity contribution < 1.29 is 17.9 Å². The van der Waals surface area contributed by atoms with Crippen LogP contribution in [0.4, 0.5) is 5.13 Å². The first-order valence-corrected chi connectivity index (χ1v) is 11.5. The van der Waals surface area contributed by atoms with Crippen molar-refractivity contribution in [1.29, 1.82) is 0 Å². The molecule has 1 unspecified atom stereocenters. The standard InChI is InChI=1S/C19H18ClN3O4S2/c1-27-13-6-9-15-17(11-13)28-19(21-15)22-18(24)16-3-2-10-23(16)29(25,26)14-7-4-12(20)5-8-14/h4-9,11,16H,2-3,10H2,1H3,(H,21,22,24). The van der Waals surface area contributed by atoms with Crippen LogP contribution in [0.15, 0.2) is 47.4 Å². The number of rotatable bonds is 5. The highest BCUT2D eigenvalue weighted by Crippen LogP contribution is 2.31. The maximum atomic E-state index is 13.0. The number of methoxy groups -OCH3 is 1. The second kappa shape index (κ2) is 7.91.